The van der Waals surface area contributed by atoms with E-state index in [0.29, 0.717) is 6.04 Å². The Kier molecular flexibility index (Phi) is 3.50. The van der Waals surface area contributed by atoms with Gasteiger partial charge >= 0.3 is 0 Å². The predicted octanol–water partition coefficient (Wildman–Crippen LogP) is 2.56. The van der Waals surface area contributed by atoms with Crippen molar-refractivity contribution < 1.29 is 0 Å². The number of aromatic nitrogens is 3. The van der Waals surface area contributed by atoms with Gasteiger partial charge in [0.2, 0.25) is 0 Å². The average Bonchev–Trinajstić information content (AvgIpc) is 2.97. The third-order valence-electron chi connectivity index (χ3n) is 3.70. The van der Waals surface area contributed by atoms with Gasteiger partial charge in [-0.05, 0) is 31.9 Å². The van der Waals surface area contributed by atoms with Crippen LogP contribution in [-0.2, 0) is 0 Å². The summed E-state index contributed by atoms with van der Waals surface area (Å²) in [5.74, 6) is 1.91. The van der Waals surface area contributed by atoms with Crippen LogP contribution in [0.1, 0.15) is 30.3 Å². The number of anilines is 2. The lowest BCUT2D eigenvalue weighted by Gasteiger charge is -2.25. The molecule has 2 aromatic rings. The van der Waals surface area contributed by atoms with Gasteiger partial charge in [-0.3, -0.25) is 0 Å². The first-order valence-electron chi connectivity index (χ1n) is 6.98. The molecule has 0 aliphatic carbocycles. The van der Waals surface area contributed by atoms with E-state index in [-0.39, 0.29) is 0 Å². The highest BCUT2D eigenvalue weighted by molar-refractivity contribution is 5.44. The van der Waals surface area contributed by atoms with Crippen LogP contribution in [0.3, 0.4) is 0 Å². The number of aryl methyl sites for hydroxylation is 1. The van der Waals surface area contributed by atoms with E-state index in [2.05, 4.69) is 37.3 Å². The summed E-state index contributed by atoms with van der Waals surface area (Å²) in [5, 5.41) is 3.10. The fourth-order valence-corrected chi connectivity index (χ4v) is 2.72. The second-order valence-corrected chi connectivity index (χ2v) is 5.07. The second-order valence-electron chi connectivity index (χ2n) is 5.07. The predicted molar refractivity (Wildman–Crippen MR) is 79.9 cm³/mol. The van der Waals surface area contributed by atoms with Gasteiger partial charge in [-0.25, -0.2) is 15.0 Å². The van der Waals surface area contributed by atoms with Crippen molar-refractivity contribution in [1.82, 2.24) is 15.0 Å². The van der Waals surface area contributed by atoms with Crippen molar-refractivity contribution in [3.05, 3.63) is 42.0 Å². The number of rotatable bonds is 3. The Morgan fingerprint density at radius 3 is 3.00 bits per heavy atom. The normalized spacial score (nSPS) is 18.3. The van der Waals surface area contributed by atoms with E-state index in [1.807, 2.05) is 26.1 Å². The number of nitrogens with one attached hydrogen (secondary N) is 1. The lowest BCUT2D eigenvalue weighted by Crippen LogP contribution is -2.24. The molecule has 1 fully saturated rings. The van der Waals surface area contributed by atoms with Gasteiger partial charge in [0.15, 0.2) is 0 Å². The van der Waals surface area contributed by atoms with Gasteiger partial charge in [0.1, 0.15) is 18.0 Å². The standard InChI is InChI=1S/C15H19N5/c1-11-9-15(18-10-17-11)20-8-4-6-13(20)12-5-3-7-14(16-2)19-12/h3,5,7,9-10,13H,4,6,8H2,1-2H3,(H,16,19)/t13-/m0/s1. The summed E-state index contributed by atoms with van der Waals surface area (Å²) in [6.45, 7) is 3.02. The van der Waals surface area contributed by atoms with Gasteiger partial charge in [-0.1, -0.05) is 6.07 Å². The molecule has 0 aromatic carbocycles. The fraction of sp³-hybridized carbons (Fsp3) is 0.400. The number of pyridine rings is 1. The van der Waals surface area contributed by atoms with Crippen LogP contribution in [0.2, 0.25) is 0 Å². The maximum atomic E-state index is 4.68. The third-order valence-corrected chi connectivity index (χ3v) is 3.70. The van der Waals surface area contributed by atoms with Gasteiger partial charge < -0.3 is 10.2 Å². The van der Waals surface area contributed by atoms with Crippen LogP contribution in [0.25, 0.3) is 0 Å². The third kappa shape index (κ3) is 2.43. The molecule has 0 amide bonds. The van der Waals surface area contributed by atoms with Crippen LogP contribution in [0.4, 0.5) is 11.6 Å². The van der Waals surface area contributed by atoms with Crippen molar-refractivity contribution in [3.8, 4) is 0 Å². The largest absolute Gasteiger partial charge is 0.373 e. The first-order valence-corrected chi connectivity index (χ1v) is 6.98. The van der Waals surface area contributed by atoms with E-state index in [1.54, 1.807) is 6.33 Å². The molecular formula is C15H19N5. The van der Waals surface area contributed by atoms with Crippen LogP contribution < -0.4 is 10.2 Å². The SMILES string of the molecule is CNc1cccc([C@@H]2CCCN2c2cc(C)ncn2)n1. The van der Waals surface area contributed by atoms with Gasteiger partial charge in [-0.15, -0.1) is 0 Å². The first kappa shape index (κ1) is 12.8. The molecule has 3 rings (SSSR count). The summed E-state index contributed by atoms with van der Waals surface area (Å²) in [6.07, 6.45) is 3.92. The molecule has 1 aliphatic heterocycles. The maximum absolute atomic E-state index is 4.68. The highest BCUT2D eigenvalue weighted by atomic mass is 15.2. The quantitative estimate of drug-likeness (QED) is 0.928. The zero-order chi connectivity index (χ0) is 13.9. The zero-order valence-corrected chi connectivity index (χ0v) is 11.9. The number of nitrogens with zero attached hydrogens (tertiary/aromatic N) is 4. The molecule has 20 heavy (non-hydrogen) atoms. The maximum Gasteiger partial charge on any atom is 0.132 e. The Morgan fingerprint density at radius 1 is 1.30 bits per heavy atom. The van der Waals surface area contributed by atoms with Gasteiger partial charge in [-0.2, -0.15) is 0 Å². The van der Waals surface area contributed by atoms with E-state index in [9.17, 15) is 0 Å². The van der Waals surface area contributed by atoms with Gasteiger partial charge in [0.25, 0.3) is 0 Å². The summed E-state index contributed by atoms with van der Waals surface area (Å²) in [5.41, 5.74) is 2.10. The van der Waals surface area contributed by atoms with E-state index < -0.39 is 0 Å². The van der Waals surface area contributed by atoms with Crippen LogP contribution in [-0.4, -0.2) is 28.5 Å². The molecule has 0 saturated carbocycles. The average molecular weight is 269 g/mol. The molecule has 5 heteroatoms. The summed E-state index contributed by atoms with van der Waals surface area (Å²) < 4.78 is 0. The smallest absolute Gasteiger partial charge is 0.132 e. The lowest BCUT2D eigenvalue weighted by molar-refractivity contribution is 0.687. The highest BCUT2D eigenvalue weighted by Crippen LogP contribution is 2.34. The molecule has 0 bridgehead atoms. The molecule has 5 nitrogen and oxygen atoms in total. The molecule has 1 N–H and O–H groups in total. The molecule has 104 valence electrons. The fourth-order valence-electron chi connectivity index (χ4n) is 2.72. The van der Waals surface area contributed by atoms with Crippen molar-refractivity contribution in [2.24, 2.45) is 0 Å². The van der Waals surface area contributed by atoms with E-state index in [0.717, 1.165) is 36.0 Å². The highest BCUT2D eigenvalue weighted by Gasteiger charge is 2.28. The molecule has 0 radical (unpaired) electrons. The van der Waals surface area contributed by atoms with E-state index in [4.69, 9.17) is 0 Å². The number of hydrogen-bond acceptors (Lipinski definition) is 5. The Labute approximate surface area is 119 Å². The number of hydrogen-bond donors (Lipinski definition) is 1. The van der Waals surface area contributed by atoms with Crippen molar-refractivity contribution in [1.29, 1.82) is 0 Å². The molecule has 2 aromatic heterocycles. The van der Waals surface area contributed by atoms with Crippen molar-refractivity contribution >= 4 is 11.6 Å². The summed E-state index contributed by atoms with van der Waals surface area (Å²) in [4.78, 5) is 15.6. The minimum atomic E-state index is 0.303. The first-order chi connectivity index (χ1) is 9.78. The van der Waals surface area contributed by atoms with Crippen molar-refractivity contribution in [2.75, 3.05) is 23.8 Å². The van der Waals surface area contributed by atoms with Crippen molar-refractivity contribution in [3.63, 3.8) is 0 Å². The molecule has 0 spiro atoms. The second kappa shape index (κ2) is 5.45. The Hall–Kier alpha value is -2.17. The van der Waals surface area contributed by atoms with Gasteiger partial charge in [0.05, 0.1) is 11.7 Å². The minimum absolute atomic E-state index is 0.303. The topological polar surface area (TPSA) is 53.9 Å². The van der Waals surface area contributed by atoms with Crippen molar-refractivity contribution in [2.45, 2.75) is 25.8 Å². The summed E-state index contributed by atoms with van der Waals surface area (Å²) in [7, 11) is 1.90. The molecule has 3 heterocycles. The van der Waals surface area contributed by atoms with E-state index >= 15 is 0 Å². The molecule has 1 saturated heterocycles. The molecular weight excluding hydrogens is 250 g/mol. The zero-order valence-electron chi connectivity index (χ0n) is 11.9. The Morgan fingerprint density at radius 2 is 2.20 bits per heavy atom. The van der Waals surface area contributed by atoms with Crippen LogP contribution >= 0.6 is 0 Å². The lowest BCUT2D eigenvalue weighted by atomic mass is 10.1. The monoisotopic (exact) mass is 269 g/mol. The van der Waals surface area contributed by atoms with E-state index in [1.165, 1.54) is 6.42 Å². The Balaban J connectivity index is 1.92. The van der Waals surface area contributed by atoms with Crippen LogP contribution in [0.5, 0.6) is 0 Å². The molecule has 1 atom stereocenters. The summed E-state index contributed by atoms with van der Waals surface area (Å²) in [6, 6.07) is 8.48. The molecule has 1 aliphatic rings. The summed E-state index contributed by atoms with van der Waals surface area (Å²) >= 11 is 0. The Bertz CT molecular complexity index is 598. The van der Waals surface area contributed by atoms with Gasteiger partial charge in [0, 0.05) is 25.4 Å². The van der Waals surface area contributed by atoms with Crippen LogP contribution in [0.15, 0.2) is 30.6 Å². The minimum Gasteiger partial charge on any atom is -0.373 e. The van der Waals surface area contributed by atoms with Crippen LogP contribution in [0, 0.1) is 6.92 Å². The molecule has 0 unspecified atom stereocenters.